The number of aromatic nitrogens is 2. The van der Waals surface area contributed by atoms with Gasteiger partial charge in [-0.1, -0.05) is 25.3 Å². The van der Waals surface area contributed by atoms with Gasteiger partial charge in [0.05, 0.1) is 5.69 Å². The minimum Gasteiger partial charge on any atom is -0.325 e. The van der Waals surface area contributed by atoms with Crippen molar-refractivity contribution in [2.45, 2.75) is 44.6 Å². The Labute approximate surface area is 102 Å². The Kier molecular flexibility index (Phi) is 2.85. The summed E-state index contributed by atoms with van der Waals surface area (Å²) in [6, 6.07) is 6.17. The van der Waals surface area contributed by atoms with Crippen LogP contribution in [0.25, 0.3) is 5.65 Å². The maximum atomic E-state index is 5.76. The van der Waals surface area contributed by atoms with Crippen molar-refractivity contribution in [3.63, 3.8) is 0 Å². The number of hydrogen-bond acceptors (Lipinski definition) is 2. The summed E-state index contributed by atoms with van der Waals surface area (Å²) in [5, 5.41) is 0. The molecule has 3 rings (SSSR count). The van der Waals surface area contributed by atoms with E-state index in [1.165, 1.54) is 37.8 Å². The molecule has 3 nitrogen and oxygen atoms in total. The second-order valence-corrected chi connectivity index (χ2v) is 4.95. The van der Waals surface area contributed by atoms with Gasteiger partial charge in [-0.25, -0.2) is 4.98 Å². The molecule has 3 heteroatoms. The minimum atomic E-state index is 0.567. The van der Waals surface area contributed by atoms with Gasteiger partial charge >= 0.3 is 0 Å². The van der Waals surface area contributed by atoms with E-state index in [0.29, 0.717) is 12.5 Å². The largest absolute Gasteiger partial charge is 0.325 e. The lowest BCUT2D eigenvalue weighted by Gasteiger charge is -2.19. The van der Waals surface area contributed by atoms with Crippen LogP contribution in [0.5, 0.6) is 0 Å². The zero-order valence-electron chi connectivity index (χ0n) is 10.1. The lowest BCUT2D eigenvalue weighted by Crippen LogP contribution is -2.04. The third-order valence-electron chi connectivity index (χ3n) is 3.83. The monoisotopic (exact) mass is 229 g/mol. The normalized spacial score (nSPS) is 17.7. The van der Waals surface area contributed by atoms with E-state index in [4.69, 9.17) is 10.7 Å². The molecule has 17 heavy (non-hydrogen) atoms. The lowest BCUT2D eigenvalue weighted by atomic mass is 9.87. The Hall–Kier alpha value is -1.35. The molecule has 1 fully saturated rings. The quantitative estimate of drug-likeness (QED) is 0.860. The predicted octanol–water partition coefficient (Wildman–Crippen LogP) is 2.84. The van der Waals surface area contributed by atoms with Gasteiger partial charge in [-0.15, -0.1) is 0 Å². The maximum Gasteiger partial charge on any atom is 0.137 e. The molecule has 2 aromatic heterocycles. The molecule has 0 unspecified atom stereocenters. The highest BCUT2D eigenvalue weighted by Gasteiger charge is 2.18. The van der Waals surface area contributed by atoms with E-state index in [1.54, 1.807) is 0 Å². The number of hydrogen-bond donors (Lipinski definition) is 1. The molecule has 1 aliphatic rings. The standard InChI is InChI=1S/C14H19N3/c15-9-12-7-4-8-14-16-13(10-17(12)14)11-5-2-1-3-6-11/h4,7-8,10-11H,1-3,5-6,9,15H2. The highest BCUT2D eigenvalue weighted by atomic mass is 15.0. The van der Waals surface area contributed by atoms with Gasteiger partial charge in [0.15, 0.2) is 0 Å². The van der Waals surface area contributed by atoms with Gasteiger partial charge in [-0.2, -0.15) is 0 Å². The van der Waals surface area contributed by atoms with Crippen molar-refractivity contribution in [3.05, 3.63) is 35.8 Å². The second kappa shape index (κ2) is 4.49. The molecule has 2 N–H and O–H groups in total. The van der Waals surface area contributed by atoms with Crippen molar-refractivity contribution < 1.29 is 0 Å². The SMILES string of the molecule is NCc1cccc2nc(C3CCCCC3)cn12. The lowest BCUT2D eigenvalue weighted by molar-refractivity contribution is 0.438. The fourth-order valence-corrected chi connectivity index (χ4v) is 2.85. The number of pyridine rings is 1. The molecule has 1 saturated carbocycles. The molecule has 1 aliphatic carbocycles. The van der Waals surface area contributed by atoms with Gasteiger partial charge in [-0.05, 0) is 25.0 Å². The molecule has 0 atom stereocenters. The summed E-state index contributed by atoms with van der Waals surface area (Å²) in [4.78, 5) is 4.75. The Morgan fingerprint density at radius 1 is 1.24 bits per heavy atom. The summed E-state index contributed by atoms with van der Waals surface area (Å²) >= 11 is 0. The van der Waals surface area contributed by atoms with Crippen molar-refractivity contribution in [3.8, 4) is 0 Å². The molecule has 0 aromatic carbocycles. The van der Waals surface area contributed by atoms with E-state index in [-0.39, 0.29) is 0 Å². The van der Waals surface area contributed by atoms with Gasteiger partial charge in [0.25, 0.3) is 0 Å². The van der Waals surface area contributed by atoms with E-state index < -0.39 is 0 Å². The summed E-state index contributed by atoms with van der Waals surface area (Å²) in [5.41, 5.74) is 9.18. The van der Waals surface area contributed by atoms with Gasteiger partial charge in [0.1, 0.15) is 5.65 Å². The van der Waals surface area contributed by atoms with E-state index in [0.717, 1.165) is 11.3 Å². The third-order valence-corrected chi connectivity index (χ3v) is 3.83. The average molecular weight is 229 g/mol. The predicted molar refractivity (Wildman–Crippen MR) is 68.9 cm³/mol. The van der Waals surface area contributed by atoms with Crippen molar-refractivity contribution in [2.75, 3.05) is 0 Å². The van der Waals surface area contributed by atoms with Crippen LogP contribution in [-0.2, 0) is 6.54 Å². The van der Waals surface area contributed by atoms with E-state index in [1.807, 2.05) is 6.07 Å². The Morgan fingerprint density at radius 3 is 2.82 bits per heavy atom. The fourth-order valence-electron chi connectivity index (χ4n) is 2.85. The number of imidazole rings is 1. The van der Waals surface area contributed by atoms with Crippen LogP contribution in [0.3, 0.4) is 0 Å². The molecule has 0 radical (unpaired) electrons. The van der Waals surface area contributed by atoms with E-state index in [2.05, 4.69) is 22.7 Å². The van der Waals surface area contributed by atoms with Crippen LogP contribution in [0.2, 0.25) is 0 Å². The van der Waals surface area contributed by atoms with Crippen molar-refractivity contribution in [1.29, 1.82) is 0 Å². The van der Waals surface area contributed by atoms with Gasteiger partial charge < -0.3 is 10.1 Å². The van der Waals surface area contributed by atoms with Gasteiger partial charge in [0.2, 0.25) is 0 Å². The van der Waals surface area contributed by atoms with Crippen LogP contribution >= 0.6 is 0 Å². The van der Waals surface area contributed by atoms with Gasteiger partial charge in [0, 0.05) is 24.4 Å². The smallest absolute Gasteiger partial charge is 0.137 e. The van der Waals surface area contributed by atoms with Crippen LogP contribution < -0.4 is 5.73 Å². The first kappa shape index (κ1) is 10.8. The van der Waals surface area contributed by atoms with Crippen LogP contribution in [0.1, 0.15) is 49.4 Å². The summed E-state index contributed by atoms with van der Waals surface area (Å²) in [6.07, 6.45) is 8.86. The second-order valence-electron chi connectivity index (χ2n) is 4.95. The maximum absolute atomic E-state index is 5.76. The zero-order valence-corrected chi connectivity index (χ0v) is 10.1. The molecule has 0 bridgehead atoms. The minimum absolute atomic E-state index is 0.567. The number of nitrogens with zero attached hydrogens (tertiary/aromatic N) is 2. The summed E-state index contributed by atoms with van der Waals surface area (Å²) in [5.74, 6) is 0.661. The van der Waals surface area contributed by atoms with E-state index >= 15 is 0 Å². The Balaban J connectivity index is 2.00. The number of rotatable bonds is 2. The highest BCUT2D eigenvalue weighted by Crippen LogP contribution is 2.32. The van der Waals surface area contributed by atoms with Crippen molar-refractivity contribution in [1.82, 2.24) is 9.38 Å². The zero-order chi connectivity index (χ0) is 11.7. The third kappa shape index (κ3) is 1.95. The summed E-state index contributed by atoms with van der Waals surface area (Å²) in [7, 11) is 0. The molecule has 90 valence electrons. The first-order valence-electron chi connectivity index (χ1n) is 6.55. The molecular weight excluding hydrogens is 210 g/mol. The summed E-state index contributed by atoms with van der Waals surface area (Å²) in [6.45, 7) is 0.567. The van der Waals surface area contributed by atoms with E-state index in [9.17, 15) is 0 Å². The van der Waals surface area contributed by atoms with Crippen molar-refractivity contribution >= 4 is 5.65 Å². The number of fused-ring (bicyclic) bond motifs is 1. The van der Waals surface area contributed by atoms with Crippen LogP contribution in [0.4, 0.5) is 0 Å². The first-order valence-corrected chi connectivity index (χ1v) is 6.55. The molecule has 2 aromatic rings. The average Bonchev–Trinajstić information content (AvgIpc) is 2.83. The highest BCUT2D eigenvalue weighted by molar-refractivity contribution is 5.42. The van der Waals surface area contributed by atoms with Crippen molar-refractivity contribution in [2.24, 2.45) is 5.73 Å². The van der Waals surface area contributed by atoms with Crippen LogP contribution in [0.15, 0.2) is 24.4 Å². The van der Waals surface area contributed by atoms with Crippen LogP contribution in [-0.4, -0.2) is 9.38 Å². The van der Waals surface area contributed by atoms with Gasteiger partial charge in [-0.3, -0.25) is 0 Å². The molecule has 0 saturated heterocycles. The first-order chi connectivity index (χ1) is 8.38. The molecule has 0 amide bonds. The molecule has 2 heterocycles. The molecule has 0 aliphatic heterocycles. The molecule has 0 spiro atoms. The fraction of sp³-hybridized carbons (Fsp3) is 0.500. The topological polar surface area (TPSA) is 43.3 Å². The number of nitrogens with two attached hydrogens (primary N) is 1. The summed E-state index contributed by atoms with van der Waals surface area (Å²) < 4.78 is 2.14. The van der Waals surface area contributed by atoms with Crippen LogP contribution in [0, 0.1) is 0 Å². The Morgan fingerprint density at radius 2 is 2.06 bits per heavy atom. The Bertz CT molecular complexity index is 509. The molecular formula is C14H19N3.